The van der Waals surface area contributed by atoms with Crippen LogP contribution in [0.2, 0.25) is 0 Å². The highest BCUT2D eigenvalue weighted by molar-refractivity contribution is 6.07. The van der Waals surface area contributed by atoms with Gasteiger partial charge in [-0.25, -0.2) is 14.8 Å². The van der Waals surface area contributed by atoms with Gasteiger partial charge in [-0.05, 0) is 54.8 Å². The Hall–Kier alpha value is -5.57. The third-order valence-electron chi connectivity index (χ3n) is 7.70. The molecule has 0 atom stereocenters. The highest BCUT2D eigenvalue weighted by Crippen LogP contribution is 2.32. The second kappa shape index (κ2) is 13.8. The first-order chi connectivity index (χ1) is 22.1. The smallest absolute Gasteiger partial charge is 0.319 e. The maximum atomic E-state index is 12.2. The highest BCUT2D eigenvalue weighted by atomic mass is 16.5. The van der Waals surface area contributed by atoms with Crippen molar-refractivity contribution >= 4 is 39.5 Å². The molecule has 4 N–H and O–H groups in total. The molecule has 0 aliphatic heterocycles. The Balaban J connectivity index is 1.26. The fraction of sp³-hybridized carbons (Fsp3) is 0.194. The predicted molar refractivity (Wildman–Crippen MR) is 178 cm³/mol. The van der Waals surface area contributed by atoms with Crippen molar-refractivity contribution in [1.82, 2.24) is 14.5 Å². The van der Waals surface area contributed by atoms with E-state index >= 15 is 0 Å². The molecule has 6 aromatic rings. The number of nitrogens with zero attached hydrogens (tertiary/aromatic N) is 4. The number of para-hydroxylation sites is 2. The Morgan fingerprint density at radius 2 is 1.51 bits per heavy atom. The highest BCUT2D eigenvalue weighted by Gasteiger charge is 2.19. The van der Waals surface area contributed by atoms with Crippen LogP contribution in [0.15, 0.2) is 109 Å². The molecule has 2 aromatic heterocycles. The van der Waals surface area contributed by atoms with Crippen molar-refractivity contribution in [2.24, 2.45) is 5.73 Å². The van der Waals surface area contributed by atoms with Crippen LogP contribution in [0.25, 0.3) is 21.9 Å². The lowest BCUT2D eigenvalue weighted by molar-refractivity contribution is 0.253. The van der Waals surface area contributed by atoms with Crippen LogP contribution in [0, 0.1) is 0 Å². The number of imidazole rings is 1. The summed E-state index contributed by atoms with van der Waals surface area (Å²) >= 11 is 0. The third kappa shape index (κ3) is 6.99. The minimum atomic E-state index is -0.469. The topological polar surface area (TPSA) is 122 Å². The van der Waals surface area contributed by atoms with Gasteiger partial charge in [-0.1, -0.05) is 66.7 Å². The number of anilines is 2. The van der Waals surface area contributed by atoms with E-state index in [2.05, 4.69) is 4.57 Å². The van der Waals surface area contributed by atoms with E-state index in [1.165, 1.54) is 0 Å². The van der Waals surface area contributed by atoms with E-state index in [9.17, 15) is 4.79 Å². The molecule has 0 radical (unpaired) electrons. The zero-order chi connectivity index (χ0) is 31.0. The van der Waals surface area contributed by atoms with E-state index in [1.807, 2.05) is 109 Å². The van der Waals surface area contributed by atoms with Gasteiger partial charge in [0.1, 0.15) is 36.1 Å². The molecule has 0 saturated carbocycles. The number of hydrogen-bond donors (Lipinski definition) is 2. The number of nitrogens with two attached hydrogens (primary N) is 2. The average molecular weight is 601 g/mol. The Morgan fingerprint density at radius 3 is 2.24 bits per heavy atom. The number of rotatable bonds is 13. The van der Waals surface area contributed by atoms with Gasteiger partial charge in [-0.3, -0.25) is 4.90 Å². The molecule has 9 heteroatoms. The summed E-state index contributed by atoms with van der Waals surface area (Å²) in [7, 11) is 0. The van der Waals surface area contributed by atoms with Gasteiger partial charge in [0.25, 0.3) is 0 Å². The Bertz CT molecular complexity index is 1880. The van der Waals surface area contributed by atoms with E-state index in [-0.39, 0.29) is 0 Å². The first-order valence-corrected chi connectivity index (χ1v) is 15.1. The second-order valence-corrected chi connectivity index (χ2v) is 10.8. The van der Waals surface area contributed by atoms with Crippen molar-refractivity contribution in [3.63, 3.8) is 0 Å². The molecule has 0 fully saturated rings. The van der Waals surface area contributed by atoms with E-state index in [4.69, 9.17) is 30.9 Å². The molecule has 9 nitrogen and oxygen atoms in total. The minimum Gasteiger partial charge on any atom is -0.492 e. The lowest BCUT2D eigenvalue weighted by Gasteiger charge is -2.20. The monoisotopic (exact) mass is 600 g/mol. The summed E-state index contributed by atoms with van der Waals surface area (Å²) in [5.74, 6) is 2.78. The number of primary amides is 1. The molecular weight excluding hydrogens is 564 g/mol. The summed E-state index contributed by atoms with van der Waals surface area (Å²) in [5, 5.41) is 0.939. The summed E-state index contributed by atoms with van der Waals surface area (Å²) in [4.78, 5) is 23.4. The average Bonchev–Trinajstić information content (AvgIpc) is 3.44. The maximum absolute atomic E-state index is 12.2. The lowest BCUT2D eigenvalue weighted by Crippen LogP contribution is -2.36. The summed E-state index contributed by atoms with van der Waals surface area (Å²) in [5.41, 5.74) is 16.4. The standard InChI is InChI=1S/C36H36N6O3/c37-35-33-34(30-20-19-29(24-31(30)39-35)45-25-26-12-4-1-5-13-26)42(22-23-44-28-16-8-3-9-17-28)32(40-33)18-10-11-21-41(36(38)43)27-14-6-2-7-15-27/h1-9,12-17,19-20,24H,10-11,18,21-23,25H2,(H2,37,39)(H2,38,43). The van der Waals surface area contributed by atoms with E-state index < -0.39 is 6.03 Å². The Labute approximate surface area is 262 Å². The molecule has 228 valence electrons. The molecule has 45 heavy (non-hydrogen) atoms. The number of ether oxygens (including phenoxy) is 2. The fourth-order valence-electron chi connectivity index (χ4n) is 5.50. The number of hydrogen-bond acceptors (Lipinski definition) is 6. The number of unbranched alkanes of at least 4 members (excludes halogenated alkanes) is 1. The molecule has 0 spiro atoms. The molecule has 2 amide bonds. The predicted octanol–water partition coefficient (Wildman–Crippen LogP) is 6.73. The number of pyridine rings is 1. The minimum absolute atomic E-state index is 0.366. The van der Waals surface area contributed by atoms with Gasteiger partial charge in [-0.15, -0.1) is 0 Å². The number of fused-ring (bicyclic) bond motifs is 3. The molecule has 0 aliphatic rings. The number of amides is 2. The van der Waals surface area contributed by atoms with Gasteiger partial charge >= 0.3 is 6.03 Å². The van der Waals surface area contributed by atoms with Crippen LogP contribution in [0.3, 0.4) is 0 Å². The number of aryl methyl sites for hydroxylation is 1. The number of benzene rings is 4. The zero-order valence-electron chi connectivity index (χ0n) is 25.0. The second-order valence-electron chi connectivity index (χ2n) is 10.8. The fourth-order valence-corrected chi connectivity index (χ4v) is 5.50. The molecule has 0 saturated heterocycles. The third-order valence-corrected chi connectivity index (χ3v) is 7.70. The molecular formula is C36H36N6O3. The number of urea groups is 1. The van der Waals surface area contributed by atoms with Crippen molar-refractivity contribution in [1.29, 1.82) is 0 Å². The summed E-state index contributed by atoms with van der Waals surface area (Å²) in [6, 6.07) is 34.7. The normalized spacial score (nSPS) is 11.1. The van der Waals surface area contributed by atoms with Crippen LogP contribution in [0.5, 0.6) is 11.5 Å². The van der Waals surface area contributed by atoms with Crippen molar-refractivity contribution in [2.45, 2.75) is 32.4 Å². The van der Waals surface area contributed by atoms with Gasteiger partial charge < -0.3 is 25.5 Å². The van der Waals surface area contributed by atoms with Crippen LogP contribution in [-0.2, 0) is 19.6 Å². The zero-order valence-corrected chi connectivity index (χ0v) is 25.0. The van der Waals surface area contributed by atoms with Gasteiger partial charge in [0.15, 0.2) is 5.82 Å². The number of carbonyl (C=O) groups is 1. The van der Waals surface area contributed by atoms with Crippen LogP contribution in [0.4, 0.5) is 16.3 Å². The van der Waals surface area contributed by atoms with Crippen molar-refractivity contribution in [3.8, 4) is 11.5 Å². The molecule has 0 unspecified atom stereocenters. The van der Waals surface area contributed by atoms with Crippen LogP contribution >= 0.6 is 0 Å². The summed E-state index contributed by atoms with van der Waals surface area (Å²) in [6.45, 7) is 1.99. The van der Waals surface area contributed by atoms with Crippen molar-refractivity contribution in [2.75, 3.05) is 23.8 Å². The van der Waals surface area contributed by atoms with Crippen molar-refractivity contribution < 1.29 is 14.3 Å². The Morgan fingerprint density at radius 1 is 0.800 bits per heavy atom. The number of aromatic nitrogens is 3. The summed E-state index contributed by atoms with van der Waals surface area (Å²) in [6.07, 6.45) is 2.22. The van der Waals surface area contributed by atoms with Gasteiger partial charge in [0.05, 0.1) is 17.6 Å². The first kappa shape index (κ1) is 29.5. The quantitative estimate of drug-likeness (QED) is 0.142. The van der Waals surface area contributed by atoms with E-state index in [0.717, 1.165) is 52.1 Å². The van der Waals surface area contributed by atoms with Gasteiger partial charge in [0, 0.05) is 30.1 Å². The number of carbonyl (C=O) groups excluding carboxylic acids is 1. The molecule has 0 bridgehead atoms. The van der Waals surface area contributed by atoms with Crippen molar-refractivity contribution in [3.05, 3.63) is 121 Å². The molecule has 4 aromatic carbocycles. The molecule has 2 heterocycles. The van der Waals surface area contributed by atoms with Crippen LogP contribution in [-0.4, -0.2) is 33.7 Å². The van der Waals surface area contributed by atoms with Gasteiger partial charge in [-0.2, -0.15) is 0 Å². The molecule has 0 aliphatic carbocycles. The SMILES string of the molecule is NC(=O)N(CCCCc1nc2c(N)nc3cc(OCc4ccccc4)ccc3c2n1CCOc1ccccc1)c1ccccc1. The summed E-state index contributed by atoms with van der Waals surface area (Å²) < 4.78 is 14.3. The lowest BCUT2D eigenvalue weighted by atomic mass is 10.1. The maximum Gasteiger partial charge on any atom is 0.319 e. The van der Waals surface area contributed by atoms with Crippen LogP contribution < -0.4 is 25.8 Å². The van der Waals surface area contributed by atoms with Gasteiger partial charge in [0.2, 0.25) is 0 Å². The first-order valence-electron chi connectivity index (χ1n) is 15.1. The Kier molecular flexibility index (Phi) is 9.06. The number of nitrogen functional groups attached to an aromatic ring is 1. The largest absolute Gasteiger partial charge is 0.492 e. The van der Waals surface area contributed by atoms with E-state index in [0.29, 0.717) is 49.8 Å². The molecule has 6 rings (SSSR count). The van der Waals surface area contributed by atoms with Crippen LogP contribution in [0.1, 0.15) is 24.2 Å². The van der Waals surface area contributed by atoms with E-state index in [1.54, 1.807) is 4.90 Å².